The standard InChI is InChI=1S/C33H32O6/c1-24(39-33(35)18-15-25-13-16-29(34)31(20-25)36-2)19-28-14-17-30(37-22-26-9-5-3-6-10-26)32(21-28)38-23-27-11-7-4-8-12-27/h3-18,20-21,24,34H,19,22-23H2,1-2H3. The molecule has 0 heterocycles. The quantitative estimate of drug-likeness (QED) is 0.163. The van der Waals surface area contributed by atoms with Gasteiger partial charge in [-0.15, -0.1) is 0 Å². The van der Waals surface area contributed by atoms with Crippen molar-refractivity contribution < 1.29 is 28.8 Å². The summed E-state index contributed by atoms with van der Waals surface area (Å²) in [4.78, 5) is 12.4. The van der Waals surface area contributed by atoms with Crippen molar-refractivity contribution in [2.75, 3.05) is 7.11 Å². The van der Waals surface area contributed by atoms with Gasteiger partial charge in [0.1, 0.15) is 19.3 Å². The molecule has 0 spiro atoms. The summed E-state index contributed by atoms with van der Waals surface area (Å²) in [5.41, 5.74) is 3.78. The first-order valence-corrected chi connectivity index (χ1v) is 12.7. The summed E-state index contributed by atoms with van der Waals surface area (Å²) >= 11 is 0. The van der Waals surface area contributed by atoms with Gasteiger partial charge in [0.25, 0.3) is 0 Å². The number of carbonyl (C=O) groups is 1. The second kappa shape index (κ2) is 13.7. The van der Waals surface area contributed by atoms with Crippen LogP contribution < -0.4 is 14.2 Å². The average Bonchev–Trinajstić information content (AvgIpc) is 2.96. The Morgan fingerprint density at radius 2 is 1.41 bits per heavy atom. The van der Waals surface area contributed by atoms with E-state index < -0.39 is 5.97 Å². The van der Waals surface area contributed by atoms with E-state index in [0.29, 0.717) is 42.4 Å². The molecule has 0 radical (unpaired) electrons. The molecule has 1 unspecified atom stereocenters. The summed E-state index contributed by atoms with van der Waals surface area (Å²) in [7, 11) is 1.47. The van der Waals surface area contributed by atoms with Gasteiger partial charge in [-0.25, -0.2) is 4.79 Å². The van der Waals surface area contributed by atoms with E-state index in [4.69, 9.17) is 18.9 Å². The van der Waals surface area contributed by atoms with Crippen LogP contribution in [-0.2, 0) is 29.2 Å². The summed E-state index contributed by atoms with van der Waals surface area (Å²) in [6, 6.07) is 30.5. The largest absolute Gasteiger partial charge is 0.504 e. The van der Waals surface area contributed by atoms with Crippen molar-refractivity contribution >= 4 is 12.0 Å². The third-order valence-corrected chi connectivity index (χ3v) is 5.94. The third kappa shape index (κ3) is 8.40. The molecule has 6 nitrogen and oxygen atoms in total. The van der Waals surface area contributed by atoms with E-state index in [0.717, 1.165) is 16.7 Å². The number of aromatic hydroxyl groups is 1. The van der Waals surface area contributed by atoms with Crippen molar-refractivity contribution in [1.82, 2.24) is 0 Å². The predicted octanol–water partition coefficient (Wildman–Crippen LogP) is 6.75. The number of hydrogen-bond donors (Lipinski definition) is 1. The van der Waals surface area contributed by atoms with Crippen LogP contribution in [0.5, 0.6) is 23.0 Å². The molecule has 0 aliphatic carbocycles. The van der Waals surface area contributed by atoms with Crippen LogP contribution in [0, 0.1) is 0 Å². The molecule has 0 bridgehead atoms. The summed E-state index contributed by atoms with van der Waals surface area (Å²) < 4.78 is 22.9. The summed E-state index contributed by atoms with van der Waals surface area (Å²) in [5, 5.41) is 9.72. The highest BCUT2D eigenvalue weighted by Gasteiger charge is 2.13. The molecule has 0 aliphatic rings. The van der Waals surface area contributed by atoms with E-state index in [2.05, 4.69) is 0 Å². The van der Waals surface area contributed by atoms with E-state index in [1.807, 2.05) is 85.8 Å². The Morgan fingerprint density at radius 3 is 2.05 bits per heavy atom. The van der Waals surface area contributed by atoms with Crippen LogP contribution in [0.25, 0.3) is 6.08 Å². The monoisotopic (exact) mass is 524 g/mol. The second-order valence-corrected chi connectivity index (χ2v) is 9.05. The molecule has 0 saturated heterocycles. The molecule has 0 fully saturated rings. The predicted molar refractivity (Wildman–Crippen MR) is 151 cm³/mol. The van der Waals surface area contributed by atoms with Gasteiger partial charge in [0.05, 0.1) is 7.11 Å². The number of rotatable bonds is 12. The summed E-state index contributed by atoms with van der Waals surface area (Å²) in [5.74, 6) is 1.19. The molecule has 4 aromatic carbocycles. The van der Waals surface area contributed by atoms with Crippen molar-refractivity contribution in [1.29, 1.82) is 0 Å². The molecule has 0 saturated carbocycles. The zero-order chi connectivity index (χ0) is 27.5. The lowest BCUT2D eigenvalue weighted by atomic mass is 10.1. The number of carbonyl (C=O) groups excluding carboxylic acids is 1. The first-order chi connectivity index (χ1) is 19.0. The first-order valence-electron chi connectivity index (χ1n) is 12.7. The first kappa shape index (κ1) is 27.3. The second-order valence-electron chi connectivity index (χ2n) is 9.05. The number of phenolic OH excluding ortho intramolecular Hbond substituents is 1. The molecule has 1 atom stereocenters. The lowest BCUT2D eigenvalue weighted by Gasteiger charge is -2.16. The van der Waals surface area contributed by atoms with Crippen LogP contribution in [0.3, 0.4) is 0 Å². The van der Waals surface area contributed by atoms with E-state index in [9.17, 15) is 9.90 Å². The van der Waals surface area contributed by atoms with Gasteiger partial charge in [-0.1, -0.05) is 72.8 Å². The molecule has 0 aliphatic heterocycles. The van der Waals surface area contributed by atoms with Gasteiger partial charge >= 0.3 is 5.97 Å². The maximum absolute atomic E-state index is 12.4. The van der Waals surface area contributed by atoms with Crippen LogP contribution >= 0.6 is 0 Å². The Hall–Kier alpha value is -4.71. The van der Waals surface area contributed by atoms with Gasteiger partial charge in [-0.3, -0.25) is 0 Å². The normalized spacial score (nSPS) is 11.6. The van der Waals surface area contributed by atoms with Crippen LogP contribution in [0.2, 0.25) is 0 Å². The zero-order valence-corrected chi connectivity index (χ0v) is 22.1. The molecule has 4 aromatic rings. The van der Waals surface area contributed by atoms with Gasteiger partial charge in [0.15, 0.2) is 23.0 Å². The highest BCUT2D eigenvalue weighted by atomic mass is 16.5. The minimum atomic E-state index is -0.460. The highest BCUT2D eigenvalue weighted by molar-refractivity contribution is 5.87. The molecular formula is C33H32O6. The summed E-state index contributed by atoms with van der Waals surface area (Å²) in [6.45, 7) is 2.68. The van der Waals surface area contributed by atoms with Crippen LogP contribution in [-0.4, -0.2) is 24.3 Å². The van der Waals surface area contributed by atoms with Gasteiger partial charge in [0.2, 0.25) is 0 Å². The van der Waals surface area contributed by atoms with Gasteiger partial charge < -0.3 is 24.1 Å². The van der Waals surface area contributed by atoms with Crippen molar-refractivity contribution in [2.24, 2.45) is 0 Å². The number of hydrogen-bond acceptors (Lipinski definition) is 6. The lowest BCUT2D eigenvalue weighted by molar-refractivity contribution is -0.141. The van der Waals surface area contributed by atoms with Crippen LogP contribution in [0.4, 0.5) is 0 Å². The van der Waals surface area contributed by atoms with E-state index in [1.165, 1.54) is 19.3 Å². The highest BCUT2D eigenvalue weighted by Crippen LogP contribution is 2.31. The van der Waals surface area contributed by atoms with Crippen molar-refractivity contribution in [3.05, 3.63) is 125 Å². The Morgan fingerprint density at radius 1 is 0.769 bits per heavy atom. The van der Waals surface area contributed by atoms with E-state index in [1.54, 1.807) is 18.2 Å². The number of ether oxygens (including phenoxy) is 4. The van der Waals surface area contributed by atoms with Gasteiger partial charge in [-0.2, -0.15) is 0 Å². The molecule has 0 amide bonds. The third-order valence-electron chi connectivity index (χ3n) is 5.94. The minimum Gasteiger partial charge on any atom is -0.504 e. The maximum Gasteiger partial charge on any atom is 0.331 e. The van der Waals surface area contributed by atoms with Crippen molar-refractivity contribution in [2.45, 2.75) is 32.7 Å². The number of benzene rings is 4. The molecule has 6 heteroatoms. The minimum absolute atomic E-state index is 0.0365. The van der Waals surface area contributed by atoms with E-state index >= 15 is 0 Å². The van der Waals surface area contributed by atoms with Crippen LogP contribution in [0.15, 0.2) is 103 Å². The number of phenols is 1. The Kier molecular flexibility index (Phi) is 9.62. The number of esters is 1. The summed E-state index contributed by atoms with van der Waals surface area (Å²) in [6.07, 6.45) is 3.12. The fraction of sp³-hybridized carbons (Fsp3) is 0.182. The Balaban J connectivity index is 1.40. The molecule has 4 rings (SSSR count). The fourth-order valence-corrected chi connectivity index (χ4v) is 3.96. The van der Waals surface area contributed by atoms with Crippen molar-refractivity contribution in [3.63, 3.8) is 0 Å². The average molecular weight is 525 g/mol. The topological polar surface area (TPSA) is 74.2 Å². The van der Waals surface area contributed by atoms with E-state index in [-0.39, 0.29) is 11.9 Å². The maximum atomic E-state index is 12.4. The molecule has 200 valence electrons. The zero-order valence-electron chi connectivity index (χ0n) is 22.1. The molecule has 1 N–H and O–H groups in total. The Labute approximate surface area is 229 Å². The fourth-order valence-electron chi connectivity index (χ4n) is 3.96. The lowest BCUT2D eigenvalue weighted by Crippen LogP contribution is -2.15. The van der Waals surface area contributed by atoms with Crippen molar-refractivity contribution in [3.8, 4) is 23.0 Å². The van der Waals surface area contributed by atoms with Crippen LogP contribution in [0.1, 0.15) is 29.2 Å². The molecule has 0 aromatic heterocycles. The van der Waals surface area contributed by atoms with Gasteiger partial charge in [-0.05, 0) is 59.5 Å². The Bertz CT molecular complexity index is 1380. The molecular weight excluding hydrogens is 492 g/mol. The molecule has 39 heavy (non-hydrogen) atoms. The number of methoxy groups -OCH3 is 1. The van der Waals surface area contributed by atoms with Gasteiger partial charge in [0, 0.05) is 12.5 Å². The smallest absolute Gasteiger partial charge is 0.331 e. The SMILES string of the molecule is COc1cc(C=CC(=O)OC(C)Cc2ccc(OCc3ccccc3)c(OCc3ccccc3)c2)ccc1O.